The lowest BCUT2D eigenvalue weighted by Crippen LogP contribution is -2.24. The zero-order valence-electron chi connectivity index (χ0n) is 11.1. The van der Waals surface area contributed by atoms with Gasteiger partial charge in [-0.25, -0.2) is 4.39 Å². The number of nitrogens with zero attached hydrogens (tertiary/aromatic N) is 1. The summed E-state index contributed by atoms with van der Waals surface area (Å²) in [6.07, 6.45) is 4.87. The van der Waals surface area contributed by atoms with Crippen molar-refractivity contribution in [1.82, 2.24) is 0 Å². The summed E-state index contributed by atoms with van der Waals surface area (Å²) >= 11 is 0. The number of nitro groups is 1. The number of nitrogens with one attached hydrogen (secondary N) is 1. The zero-order valence-corrected chi connectivity index (χ0v) is 11.1. The van der Waals surface area contributed by atoms with Gasteiger partial charge in [-0.1, -0.05) is 26.2 Å². The molecule has 0 spiro atoms. The molecular formula is C14H19FN2O2. The third kappa shape index (κ3) is 3.43. The summed E-state index contributed by atoms with van der Waals surface area (Å²) in [7, 11) is 0. The van der Waals surface area contributed by atoms with Crippen LogP contribution in [0.2, 0.25) is 0 Å². The van der Waals surface area contributed by atoms with Crippen LogP contribution in [0, 0.1) is 27.8 Å². The highest BCUT2D eigenvalue weighted by molar-refractivity contribution is 5.61. The Morgan fingerprint density at radius 2 is 2.16 bits per heavy atom. The molecule has 1 aromatic rings. The van der Waals surface area contributed by atoms with Gasteiger partial charge in [0, 0.05) is 6.54 Å². The summed E-state index contributed by atoms with van der Waals surface area (Å²) in [6, 6.07) is 3.66. The monoisotopic (exact) mass is 266 g/mol. The summed E-state index contributed by atoms with van der Waals surface area (Å²) in [5.74, 6) is 0.599. The summed E-state index contributed by atoms with van der Waals surface area (Å²) < 4.78 is 13.0. The Balaban J connectivity index is 2.04. The minimum Gasteiger partial charge on any atom is -0.379 e. The Morgan fingerprint density at radius 1 is 1.42 bits per heavy atom. The lowest BCUT2D eigenvalue weighted by Gasteiger charge is -2.29. The molecule has 0 heterocycles. The number of hydrogen-bond acceptors (Lipinski definition) is 3. The van der Waals surface area contributed by atoms with E-state index in [-0.39, 0.29) is 5.69 Å². The molecule has 0 radical (unpaired) electrons. The molecular weight excluding hydrogens is 247 g/mol. The van der Waals surface area contributed by atoms with Crippen LogP contribution in [0.4, 0.5) is 15.8 Å². The van der Waals surface area contributed by atoms with Gasteiger partial charge in [0.05, 0.1) is 11.0 Å². The van der Waals surface area contributed by atoms with E-state index in [9.17, 15) is 14.5 Å². The highest BCUT2D eigenvalue weighted by atomic mass is 19.1. The molecule has 2 rings (SSSR count). The van der Waals surface area contributed by atoms with Crippen LogP contribution in [-0.2, 0) is 0 Å². The van der Waals surface area contributed by atoms with E-state index >= 15 is 0 Å². The number of halogens is 1. The molecule has 2 atom stereocenters. The first-order valence-corrected chi connectivity index (χ1v) is 6.75. The smallest absolute Gasteiger partial charge is 0.295 e. The van der Waals surface area contributed by atoms with Crippen molar-refractivity contribution in [2.45, 2.75) is 32.6 Å². The van der Waals surface area contributed by atoms with E-state index in [0.29, 0.717) is 24.1 Å². The van der Waals surface area contributed by atoms with Crippen molar-refractivity contribution in [3.63, 3.8) is 0 Å². The molecule has 0 amide bonds. The number of rotatable bonds is 4. The Labute approximate surface area is 112 Å². The quantitative estimate of drug-likeness (QED) is 0.662. The zero-order chi connectivity index (χ0) is 13.8. The second-order valence-electron chi connectivity index (χ2n) is 5.32. The summed E-state index contributed by atoms with van der Waals surface area (Å²) in [5, 5.41) is 14.0. The molecule has 1 aliphatic rings. The van der Waals surface area contributed by atoms with Gasteiger partial charge in [-0.15, -0.1) is 0 Å². The number of benzene rings is 1. The van der Waals surface area contributed by atoms with E-state index in [1.54, 1.807) is 0 Å². The van der Waals surface area contributed by atoms with Crippen LogP contribution >= 0.6 is 0 Å². The maximum absolute atomic E-state index is 13.0. The van der Waals surface area contributed by atoms with E-state index in [2.05, 4.69) is 12.2 Å². The van der Waals surface area contributed by atoms with Gasteiger partial charge in [0.15, 0.2) is 0 Å². The summed E-state index contributed by atoms with van der Waals surface area (Å²) in [4.78, 5) is 10.3. The number of anilines is 1. The molecule has 19 heavy (non-hydrogen) atoms. The molecule has 0 bridgehead atoms. The van der Waals surface area contributed by atoms with Crippen molar-refractivity contribution < 1.29 is 9.31 Å². The Hall–Kier alpha value is -1.65. The van der Waals surface area contributed by atoms with Gasteiger partial charge in [0.25, 0.3) is 5.69 Å². The van der Waals surface area contributed by atoms with Crippen LogP contribution < -0.4 is 5.32 Å². The molecule has 0 saturated heterocycles. The topological polar surface area (TPSA) is 55.2 Å². The third-order valence-corrected chi connectivity index (χ3v) is 4.00. The number of hydrogen-bond donors (Lipinski definition) is 1. The first kappa shape index (κ1) is 13.8. The van der Waals surface area contributed by atoms with Gasteiger partial charge in [-0.3, -0.25) is 10.1 Å². The van der Waals surface area contributed by atoms with Crippen LogP contribution in [0.25, 0.3) is 0 Å². The van der Waals surface area contributed by atoms with Gasteiger partial charge >= 0.3 is 0 Å². The van der Waals surface area contributed by atoms with E-state index in [4.69, 9.17) is 0 Å². The molecule has 1 fully saturated rings. The molecule has 1 aliphatic carbocycles. The van der Waals surface area contributed by atoms with Crippen molar-refractivity contribution in [3.8, 4) is 0 Å². The molecule has 0 aromatic heterocycles. The van der Waals surface area contributed by atoms with Crippen LogP contribution in [0.1, 0.15) is 32.6 Å². The third-order valence-electron chi connectivity index (χ3n) is 4.00. The first-order chi connectivity index (χ1) is 9.08. The molecule has 0 aliphatic heterocycles. The molecule has 1 N–H and O–H groups in total. The standard InChI is InChI=1S/C14H19FN2O2/c1-10-4-2-3-5-11(10)9-16-13-7-6-12(15)8-14(13)17(18)19/h6-8,10-11,16H,2-5,9H2,1H3. The minimum absolute atomic E-state index is 0.191. The number of nitro benzene ring substituents is 1. The first-order valence-electron chi connectivity index (χ1n) is 6.75. The molecule has 104 valence electrons. The summed E-state index contributed by atoms with van der Waals surface area (Å²) in [5.41, 5.74) is 0.215. The normalized spacial score (nSPS) is 23.1. The Bertz CT molecular complexity index is 465. The fraction of sp³-hybridized carbons (Fsp3) is 0.571. The van der Waals surface area contributed by atoms with Crippen molar-refractivity contribution in [2.24, 2.45) is 11.8 Å². The van der Waals surface area contributed by atoms with E-state index in [0.717, 1.165) is 12.5 Å². The van der Waals surface area contributed by atoms with Gasteiger partial charge in [-0.2, -0.15) is 0 Å². The van der Waals surface area contributed by atoms with Crippen LogP contribution in [0.3, 0.4) is 0 Å². The van der Waals surface area contributed by atoms with Crippen molar-refractivity contribution in [2.75, 3.05) is 11.9 Å². The van der Waals surface area contributed by atoms with Crippen LogP contribution in [0.15, 0.2) is 18.2 Å². The summed E-state index contributed by atoms with van der Waals surface area (Å²) in [6.45, 7) is 2.94. The lowest BCUT2D eigenvalue weighted by atomic mass is 9.80. The van der Waals surface area contributed by atoms with Crippen molar-refractivity contribution >= 4 is 11.4 Å². The van der Waals surface area contributed by atoms with Gasteiger partial charge in [0.1, 0.15) is 11.5 Å². The fourth-order valence-corrected chi connectivity index (χ4v) is 2.74. The second kappa shape index (κ2) is 5.99. The fourth-order valence-electron chi connectivity index (χ4n) is 2.74. The SMILES string of the molecule is CC1CCCCC1CNc1ccc(F)cc1[N+](=O)[O-]. The van der Waals surface area contributed by atoms with E-state index in [1.165, 1.54) is 31.4 Å². The lowest BCUT2D eigenvalue weighted by molar-refractivity contribution is -0.384. The van der Waals surface area contributed by atoms with Gasteiger partial charge in [-0.05, 0) is 30.4 Å². The van der Waals surface area contributed by atoms with Crippen LogP contribution in [0.5, 0.6) is 0 Å². The average Bonchev–Trinajstić information content (AvgIpc) is 2.38. The van der Waals surface area contributed by atoms with Crippen molar-refractivity contribution in [3.05, 3.63) is 34.1 Å². The molecule has 2 unspecified atom stereocenters. The predicted octanol–water partition coefficient (Wildman–Crippen LogP) is 3.97. The highest BCUT2D eigenvalue weighted by Crippen LogP contribution is 2.31. The van der Waals surface area contributed by atoms with Crippen LogP contribution in [-0.4, -0.2) is 11.5 Å². The maximum Gasteiger partial charge on any atom is 0.295 e. The minimum atomic E-state index is -0.580. The van der Waals surface area contributed by atoms with Crippen molar-refractivity contribution in [1.29, 1.82) is 0 Å². The van der Waals surface area contributed by atoms with E-state index < -0.39 is 10.7 Å². The predicted molar refractivity (Wildman–Crippen MR) is 72.7 cm³/mol. The Morgan fingerprint density at radius 3 is 2.84 bits per heavy atom. The highest BCUT2D eigenvalue weighted by Gasteiger charge is 2.22. The Kier molecular flexibility index (Phi) is 4.35. The molecule has 5 heteroatoms. The molecule has 1 aromatic carbocycles. The van der Waals surface area contributed by atoms with E-state index in [1.807, 2.05) is 0 Å². The molecule has 1 saturated carbocycles. The van der Waals surface area contributed by atoms with Gasteiger partial charge < -0.3 is 5.32 Å². The molecule has 4 nitrogen and oxygen atoms in total. The largest absolute Gasteiger partial charge is 0.379 e. The average molecular weight is 266 g/mol. The second-order valence-corrected chi connectivity index (χ2v) is 5.32. The van der Waals surface area contributed by atoms with Gasteiger partial charge in [0.2, 0.25) is 0 Å². The maximum atomic E-state index is 13.0.